The molecule has 2 aromatic carbocycles. The Morgan fingerprint density at radius 3 is 2.28 bits per heavy atom. The van der Waals surface area contributed by atoms with Crippen LogP contribution in [0.1, 0.15) is 39.7 Å². The van der Waals surface area contributed by atoms with E-state index in [1.54, 1.807) is 13.1 Å². The third-order valence-corrected chi connectivity index (χ3v) is 4.38. The molecule has 0 radical (unpaired) electrons. The van der Waals surface area contributed by atoms with Gasteiger partial charge < -0.3 is 9.84 Å². The van der Waals surface area contributed by atoms with Gasteiger partial charge in [-0.05, 0) is 42.1 Å². The summed E-state index contributed by atoms with van der Waals surface area (Å²) >= 11 is 0. The van der Waals surface area contributed by atoms with Crippen LogP contribution in [-0.2, 0) is 4.74 Å². The Balaban J connectivity index is 0.000000185. The lowest BCUT2D eigenvalue weighted by atomic mass is 9.84. The molecule has 2 unspecified atom stereocenters. The molecule has 0 amide bonds. The predicted molar refractivity (Wildman–Crippen MR) is 105 cm³/mol. The van der Waals surface area contributed by atoms with E-state index in [1.165, 1.54) is 16.3 Å². The maximum absolute atomic E-state index is 9.53. The lowest BCUT2D eigenvalue weighted by Crippen LogP contribution is -2.50. The number of allylic oxidation sites excluding steroid dienone is 1. The molecular weight excluding hydrogens is 310 g/mol. The summed E-state index contributed by atoms with van der Waals surface area (Å²) in [6.45, 7) is 10.9. The van der Waals surface area contributed by atoms with Crippen LogP contribution in [0.25, 0.3) is 10.8 Å². The van der Waals surface area contributed by atoms with Crippen molar-refractivity contribution >= 4 is 10.8 Å². The normalized spacial score (nSPS) is 20.7. The molecule has 2 N–H and O–H groups in total. The van der Waals surface area contributed by atoms with Crippen molar-refractivity contribution in [2.75, 3.05) is 7.05 Å². The smallest absolute Gasteiger partial charge is 0.291 e. The lowest BCUT2D eigenvalue weighted by Gasteiger charge is -2.38. The average Bonchev–Trinajstić information content (AvgIpc) is 2.51. The van der Waals surface area contributed by atoms with Gasteiger partial charge in [0, 0.05) is 12.0 Å². The van der Waals surface area contributed by atoms with Crippen LogP contribution in [-0.4, -0.2) is 18.1 Å². The number of aliphatic hydroxyl groups is 1. The summed E-state index contributed by atoms with van der Waals surface area (Å²) in [4.78, 5) is 0. The zero-order valence-electron chi connectivity index (χ0n) is 16.3. The second kappa shape index (κ2) is 7.59. The zero-order valence-corrected chi connectivity index (χ0v) is 16.3. The van der Waals surface area contributed by atoms with Gasteiger partial charge in [-0.15, -0.1) is 0 Å². The summed E-state index contributed by atoms with van der Waals surface area (Å²) in [6.07, 6.45) is 2.79. The minimum Gasteiger partial charge on any atom is -0.450 e. The van der Waals surface area contributed by atoms with E-state index in [9.17, 15) is 5.11 Å². The van der Waals surface area contributed by atoms with Crippen molar-refractivity contribution in [1.29, 1.82) is 0 Å². The van der Waals surface area contributed by atoms with Crippen LogP contribution in [0.2, 0.25) is 0 Å². The predicted octanol–water partition coefficient (Wildman–Crippen LogP) is 4.99. The maximum atomic E-state index is 9.53. The first-order valence-electron chi connectivity index (χ1n) is 8.91. The number of benzene rings is 2. The van der Waals surface area contributed by atoms with Gasteiger partial charge in [-0.1, -0.05) is 70.2 Å². The van der Waals surface area contributed by atoms with Gasteiger partial charge >= 0.3 is 0 Å². The van der Waals surface area contributed by atoms with Gasteiger partial charge in [-0.25, -0.2) is 0 Å². The van der Waals surface area contributed by atoms with Crippen molar-refractivity contribution in [2.45, 2.75) is 47.0 Å². The molecule has 0 aromatic heterocycles. The van der Waals surface area contributed by atoms with E-state index >= 15 is 0 Å². The summed E-state index contributed by atoms with van der Waals surface area (Å²) in [5, 5.41) is 14.9. The Labute approximate surface area is 151 Å². The number of likely N-dealkylation sites (N-methyl/N-ethyl adjacent to an activating group) is 1. The van der Waals surface area contributed by atoms with Crippen LogP contribution in [0, 0.1) is 18.3 Å². The molecule has 25 heavy (non-hydrogen) atoms. The molecule has 2 aromatic rings. The van der Waals surface area contributed by atoms with Crippen molar-refractivity contribution in [3.8, 4) is 0 Å². The maximum Gasteiger partial charge on any atom is 0.291 e. The molecule has 136 valence electrons. The Bertz CT molecular complexity index is 740. The summed E-state index contributed by atoms with van der Waals surface area (Å²) in [5.41, 5.74) is 1.64. The first-order valence-corrected chi connectivity index (χ1v) is 8.91. The zero-order chi connectivity index (χ0) is 18.7. The summed E-state index contributed by atoms with van der Waals surface area (Å²) in [7, 11) is 1.67. The van der Waals surface area contributed by atoms with Crippen molar-refractivity contribution in [1.82, 2.24) is 5.32 Å². The van der Waals surface area contributed by atoms with Gasteiger partial charge in [-0.2, -0.15) is 0 Å². The number of nitrogens with one attached hydrogen (secondary N) is 1. The fraction of sp³-hybridized carbons (Fsp3) is 0.455. The number of ether oxygens (including phenoxy) is 1. The van der Waals surface area contributed by atoms with Crippen LogP contribution >= 0.6 is 0 Å². The monoisotopic (exact) mass is 341 g/mol. The van der Waals surface area contributed by atoms with Crippen molar-refractivity contribution in [2.24, 2.45) is 11.3 Å². The van der Waals surface area contributed by atoms with E-state index in [1.807, 2.05) is 0 Å². The van der Waals surface area contributed by atoms with E-state index in [0.29, 0.717) is 5.92 Å². The highest BCUT2D eigenvalue weighted by Gasteiger charge is 2.38. The Kier molecular flexibility index (Phi) is 5.91. The van der Waals surface area contributed by atoms with E-state index in [-0.39, 0.29) is 5.41 Å². The quantitative estimate of drug-likeness (QED) is 0.773. The third kappa shape index (κ3) is 5.32. The van der Waals surface area contributed by atoms with Crippen LogP contribution in [0.5, 0.6) is 0 Å². The van der Waals surface area contributed by atoms with Gasteiger partial charge in [-0.3, -0.25) is 5.32 Å². The molecule has 3 nitrogen and oxygen atoms in total. The van der Waals surface area contributed by atoms with Crippen LogP contribution in [0.3, 0.4) is 0 Å². The first-order chi connectivity index (χ1) is 11.6. The fourth-order valence-corrected chi connectivity index (χ4v) is 3.15. The molecule has 0 saturated carbocycles. The second-order valence-corrected chi connectivity index (χ2v) is 8.06. The Morgan fingerprint density at radius 1 is 1.12 bits per heavy atom. The number of aryl methyl sites for hydroxylation is 1. The minimum atomic E-state index is -1.22. The Hall–Kier alpha value is -1.84. The molecule has 0 bridgehead atoms. The molecule has 3 heteroatoms. The van der Waals surface area contributed by atoms with Crippen molar-refractivity contribution in [3.05, 3.63) is 59.9 Å². The number of fused-ring (bicyclic) bond motifs is 1. The van der Waals surface area contributed by atoms with Gasteiger partial charge in [0.2, 0.25) is 0 Å². The molecule has 0 aliphatic carbocycles. The highest BCUT2D eigenvalue weighted by molar-refractivity contribution is 5.85. The van der Waals surface area contributed by atoms with Crippen LogP contribution in [0.4, 0.5) is 0 Å². The van der Waals surface area contributed by atoms with Gasteiger partial charge in [0.1, 0.15) is 5.76 Å². The molecule has 0 spiro atoms. The van der Waals surface area contributed by atoms with Crippen LogP contribution in [0.15, 0.2) is 54.3 Å². The number of hydrogen-bond donors (Lipinski definition) is 2. The first kappa shape index (κ1) is 19.5. The van der Waals surface area contributed by atoms with Gasteiger partial charge in [0.15, 0.2) is 0 Å². The largest absolute Gasteiger partial charge is 0.450 e. The van der Waals surface area contributed by atoms with Crippen LogP contribution < -0.4 is 5.32 Å². The highest BCUT2D eigenvalue weighted by Crippen LogP contribution is 2.35. The molecule has 0 fully saturated rings. The Morgan fingerprint density at radius 2 is 1.72 bits per heavy atom. The van der Waals surface area contributed by atoms with Crippen molar-refractivity contribution in [3.63, 3.8) is 0 Å². The van der Waals surface area contributed by atoms with E-state index in [2.05, 4.69) is 82.4 Å². The molecule has 0 saturated heterocycles. The van der Waals surface area contributed by atoms with E-state index in [4.69, 9.17) is 4.74 Å². The van der Waals surface area contributed by atoms with Crippen molar-refractivity contribution < 1.29 is 9.84 Å². The minimum absolute atomic E-state index is 0.289. The van der Waals surface area contributed by atoms with E-state index < -0.39 is 5.91 Å². The molecule has 1 aliphatic heterocycles. The third-order valence-electron chi connectivity index (χ3n) is 4.38. The van der Waals surface area contributed by atoms with Gasteiger partial charge in [0.05, 0.1) is 0 Å². The summed E-state index contributed by atoms with van der Waals surface area (Å²) in [5.74, 6) is 0.0296. The number of hydrogen-bond acceptors (Lipinski definition) is 3. The average molecular weight is 341 g/mol. The second-order valence-electron chi connectivity index (χ2n) is 8.06. The molecule has 3 rings (SSSR count). The summed E-state index contributed by atoms with van der Waals surface area (Å²) < 4.78 is 5.29. The lowest BCUT2D eigenvalue weighted by molar-refractivity contribution is -0.200. The topological polar surface area (TPSA) is 41.5 Å². The molecular formula is C22H31NO2. The van der Waals surface area contributed by atoms with Gasteiger partial charge in [0.25, 0.3) is 5.91 Å². The highest BCUT2D eigenvalue weighted by atomic mass is 16.7. The SMILES string of the molecule is CNC1(O)C=C(C(C)CC(C)(C)C)O1.Cc1cccc2ccccc12. The molecule has 1 heterocycles. The molecule has 1 aliphatic rings. The summed E-state index contributed by atoms with van der Waals surface area (Å²) in [6, 6.07) is 14.8. The fourth-order valence-electron chi connectivity index (χ4n) is 3.15. The molecule has 2 atom stereocenters. The standard InChI is InChI=1S/C11H21NO2.C11H10/c1-8(6-10(2,3)4)9-7-11(13,12-5)14-9;1-9-5-4-7-10-6-2-3-8-11(9)10/h7-8,12-13H,6H2,1-5H3;2-8H,1H3. The van der Waals surface area contributed by atoms with E-state index in [0.717, 1.165) is 12.2 Å². The number of rotatable bonds is 3.